The van der Waals surface area contributed by atoms with Gasteiger partial charge in [-0.2, -0.15) is 0 Å². The maximum absolute atomic E-state index is 10.1. The fraction of sp³-hybridized carbons (Fsp3) is 0.200. The van der Waals surface area contributed by atoms with Gasteiger partial charge in [-0.25, -0.2) is 5.11 Å². The van der Waals surface area contributed by atoms with E-state index in [-0.39, 0.29) is 6.61 Å². The molecule has 0 N–H and O–H groups in total. The summed E-state index contributed by atoms with van der Waals surface area (Å²) in [7, 11) is 0. The molecule has 0 heterocycles. The highest BCUT2D eigenvalue weighted by Gasteiger charge is 1.88. The second-order valence-corrected chi connectivity index (χ2v) is 2.43. The Balaban J connectivity index is 2.86. The lowest BCUT2D eigenvalue weighted by Crippen LogP contribution is -1.78. The van der Waals surface area contributed by atoms with E-state index in [4.69, 9.17) is 0 Å². The van der Waals surface area contributed by atoms with E-state index in [9.17, 15) is 5.11 Å². The zero-order chi connectivity index (χ0) is 8.10. The molecule has 0 spiro atoms. The Hall–Kier alpha value is -1.08. The molecule has 1 nitrogen and oxygen atoms in total. The van der Waals surface area contributed by atoms with Gasteiger partial charge in [-0.1, -0.05) is 36.4 Å². The summed E-state index contributed by atoms with van der Waals surface area (Å²) < 4.78 is 0. The lowest BCUT2D eigenvalue weighted by atomic mass is 10.1. The maximum atomic E-state index is 10.1. The van der Waals surface area contributed by atoms with Crippen LogP contribution in [0.15, 0.2) is 30.3 Å². The fourth-order valence-electron chi connectivity index (χ4n) is 0.949. The second kappa shape index (κ2) is 3.94. The Kier molecular flexibility index (Phi) is 2.87. The summed E-state index contributed by atoms with van der Waals surface area (Å²) in [6.07, 6.45) is 3.49. The van der Waals surface area contributed by atoms with E-state index in [1.54, 1.807) is 6.08 Å². The highest BCUT2D eigenvalue weighted by molar-refractivity contribution is 5.53. The van der Waals surface area contributed by atoms with Crippen molar-refractivity contribution in [1.29, 1.82) is 0 Å². The monoisotopic (exact) mass is 147 g/mol. The lowest BCUT2D eigenvalue weighted by Gasteiger charge is -1.96. The summed E-state index contributed by atoms with van der Waals surface area (Å²) in [5.74, 6) is 0. The molecule has 0 saturated heterocycles. The first-order valence-corrected chi connectivity index (χ1v) is 3.65. The van der Waals surface area contributed by atoms with Crippen LogP contribution in [-0.4, -0.2) is 6.61 Å². The van der Waals surface area contributed by atoms with Crippen molar-refractivity contribution in [2.75, 3.05) is 6.61 Å². The smallest absolute Gasteiger partial charge is 0.101 e. The molecule has 0 fully saturated rings. The first kappa shape index (κ1) is 8.02. The molecular weight excluding hydrogens is 136 g/mol. The van der Waals surface area contributed by atoms with Crippen LogP contribution in [0.2, 0.25) is 0 Å². The van der Waals surface area contributed by atoms with E-state index in [0.29, 0.717) is 0 Å². The topological polar surface area (TPSA) is 19.9 Å². The molecule has 0 aliphatic carbocycles. The standard InChI is InChI=1S/C10H11O/c1-9-5-2-3-6-10(9)7-4-8-11/h2-7H,8H2,1H3/b7-4+. The van der Waals surface area contributed by atoms with E-state index >= 15 is 0 Å². The number of hydrogen-bond donors (Lipinski definition) is 0. The fourth-order valence-corrected chi connectivity index (χ4v) is 0.949. The molecule has 1 aromatic rings. The van der Waals surface area contributed by atoms with Crippen molar-refractivity contribution in [2.24, 2.45) is 0 Å². The van der Waals surface area contributed by atoms with Gasteiger partial charge in [-0.3, -0.25) is 0 Å². The first-order chi connectivity index (χ1) is 5.34. The quantitative estimate of drug-likeness (QED) is 0.612. The van der Waals surface area contributed by atoms with Crippen LogP contribution in [0, 0.1) is 6.92 Å². The van der Waals surface area contributed by atoms with Crippen molar-refractivity contribution in [3.63, 3.8) is 0 Å². The number of aryl methyl sites for hydroxylation is 1. The summed E-state index contributed by atoms with van der Waals surface area (Å²) >= 11 is 0. The molecule has 0 aromatic heterocycles. The third-order valence-electron chi connectivity index (χ3n) is 1.58. The number of benzene rings is 1. The molecule has 1 aromatic carbocycles. The molecule has 11 heavy (non-hydrogen) atoms. The van der Waals surface area contributed by atoms with Crippen LogP contribution >= 0.6 is 0 Å². The Morgan fingerprint density at radius 1 is 1.36 bits per heavy atom. The molecular formula is C10H11O. The zero-order valence-corrected chi connectivity index (χ0v) is 6.58. The Bertz CT molecular complexity index is 251. The molecule has 0 atom stereocenters. The molecule has 0 unspecified atom stereocenters. The Morgan fingerprint density at radius 3 is 2.73 bits per heavy atom. The van der Waals surface area contributed by atoms with Crippen LogP contribution in [0.1, 0.15) is 11.1 Å². The van der Waals surface area contributed by atoms with Crippen LogP contribution < -0.4 is 0 Å². The highest BCUT2D eigenvalue weighted by Crippen LogP contribution is 2.07. The van der Waals surface area contributed by atoms with Gasteiger partial charge < -0.3 is 0 Å². The van der Waals surface area contributed by atoms with E-state index < -0.39 is 0 Å². The number of hydrogen-bond acceptors (Lipinski definition) is 0. The van der Waals surface area contributed by atoms with Crippen LogP contribution in [0.5, 0.6) is 0 Å². The maximum Gasteiger partial charge on any atom is 0.101 e. The molecule has 0 saturated carbocycles. The summed E-state index contributed by atoms with van der Waals surface area (Å²) in [4.78, 5) is 0. The van der Waals surface area contributed by atoms with E-state index in [2.05, 4.69) is 0 Å². The lowest BCUT2D eigenvalue weighted by molar-refractivity contribution is 0.233. The van der Waals surface area contributed by atoms with E-state index in [1.807, 2.05) is 37.3 Å². The summed E-state index contributed by atoms with van der Waals surface area (Å²) in [5.41, 5.74) is 2.33. The van der Waals surface area contributed by atoms with Crippen LogP contribution in [0.4, 0.5) is 0 Å². The Labute approximate surface area is 67.0 Å². The number of rotatable bonds is 2. The highest BCUT2D eigenvalue weighted by atomic mass is 16.2. The molecule has 1 rings (SSSR count). The molecule has 0 aliphatic rings. The zero-order valence-electron chi connectivity index (χ0n) is 6.58. The van der Waals surface area contributed by atoms with E-state index in [1.165, 1.54) is 5.56 Å². The van der Waals surface area contributed by atoms with Crippen molar-refractivity contribution >= 4 is 6.08 Å². The van der Waals surface area contributed by atoms with Gasteiger partial charge in [0.2, 0.25) is 0 Å². The summed E-state index contributed by atoms with van der Waals surface area (Å²) in [6.45, 7) is 1.89. The molecule has 0 bridgehead atoms. The largest absolute Gasteiger partial charge is 0.232 e. The summed E-state index contributed by atoms with van der Waals surface area (Å²) in [6, 6.07) is 7.99. The van der Waals surface area contributed by atoms with Gasteiger partial charge >= 0.3 is 0 Å². The van der Waals surface area contributed by atoms with Gasteiger partial charge in [0.05, 0.1) is 0 Å². The van der Waals surface area contributed by atoms with Crippen molar-refractivity contribution in [3.05, 3.63) is 41.5 Å². The van der Waals surface area contributed by atoms with E-state index in [0.717, 1.165) is 5.56 Å². The van der Waals surface area contributed by atoms with Gasteiger partial charge in [-0.05, 0) is 18.1 Å². The molecule has 1 heteroatoms. The third kappa shape index (κ3) is 2.20. The Morgan fingerprint density at radius 2 is 2.09 bits per heavy atom. The van der Waals surface area contributed by atoms with Crippen LogP contribution in [0.3, 0.4) is 0 Å². The van der Waals surface area contributed by atoms with Crippen molar-refractivity contribution in [2.45, 2.75) is 6.92 Å². The minimum Gasteiger partial charge on any atom is -0.232 e. The third-order valence-corrected chi connectivity index (χ3v) is 1.58. The van der Waals surface area contributed by atoms with Crippen molar-refractivity contribution < 1.29 is 5.11 Å². The SMILES string of the molecule is Cc1ccccc1/C=C/C[O]. The molecule has 0 aliphatic heterocycles. The van der Waals surface area contributed by atoms with Crippen molar-refractivity contribution in [1.82, 2.24) is 0 Å². The van der Waals surface area contributed by atoms with Gasteiger partial charge in [-0.15, -0.1) is 0 Å². The van der Waals surface area contributed by atoms with Gasteiger partial charge in [0.15, 0.2) is 0 Å². The molecule has 0 amide bonds. The minimum atomic E-state index is -0.145. The average Bonchev–Trinajstić information content (AvgIpc) is 2.03. The van der Waals surface area contributed by atoms with Gasteiger partial charge in [0, 0.05) is 0 Å². The molecule has 1 radical (unpaired) electrons. The predicted molar refractivity (Wildman–Crippen MR) is 45.8 cm³/mol. The second-order valence-electron chi connectivity index (χ2n) is 2.43. The first-order valence-electron chi connectivity index (χ1n) is 3.65. The van der Waals surface area contributed by atoms with Gasteiger partial charge in [0.25, 0.3) is 0 Å². The average molecular weight is 147 g/mol. The normalized spacial score (nSPS) is 10.7. The van der Waals surface area contributed by atoms with Crippen LogP contribution in [-0.2, 0) is 5.11 Å². The molecule has 57 valence electrons. The summed E-state index contributed by atoms with van der Waals surface area (Å²) in [5, 5.41) is 10.1. The predicted octanol–water partition coefficient (Wildman–Crippen LogP) is 2.44. The van der Waals surface area contributed by atoms with Gasteiger partial charge in [0.1, 0.15) is 6.61 Å². The minimum absolute atomic E-state index is 0.145. The van der Waals surface area contributed by atoms with Crippen molar-refractivity contribution in [3.8, 4) is 0 Å². The van der Waals surface area contributed by atoms with Crippen LogP contribution in [0.25, 0.3) is 6.08 Å².